The van der Waals surface area contributed by atoms with E-state index in [4.69, 9.17) is 0 Å². The van der Waals surface area contributed by atoms with Gasteiger partial charge in [0.1, 0.15) is 12.1 Å². The molecule has 1 aromatic rings. The Kier molecular flexibility index (Phi) is 3.19. The largest absolute Gasteiger partial charge is 0.367 e. The fraction of sp³-hybridized carbons (Fsp3) is 0.667. The number of aromatic nitrogens is 2. The molecule has 0 amide bonds. The molecule has 0 aliphatic heterocycles. The Hall–Kier alpha value is -1.12. The Labute approximate surface area is 91.3 Å². The van der Waals surface area contributed by atoms with Crippen LogP contribution >= 0.6 is 0 Å². The van der Waals surface area contributed by atoms with Crippen molar-refractivity contribution < 1.29 is 0 Å². The monoisotopic (exact) mass is 205 g/mol. The summed E-state index contributed by atoms with van der Waals surface area (Å²) in [5.41, 5.74) is 1.14. The molecule has 0 bridgehead atoms. The van der Waals surface area contributed by atoms with Gasteiger partial charge in [0.25, 0.3) is 0 Å². The van der Waals surface area contributed by atoms with Crippen molar-refractivity contribution in [2.24, 2.45) is 5.92 Å². The molecule has 1 aliphatic rings. The summed E-state index contributed by atoms with van der Waals surface area (Å²) in [4.78, 5) is 8.50. The first-order chi connectivity index (χ1) is 7.29. The quantitative estimate of drug-likeness (QED) is 0.803. The Morgan fingerprint density at radius 3 is 2.93 bits per heavy atom. The number of hydrogen-bond acceptors (Lipinski definition) is 3. The van der Waals surface area contributed by atoms with Crippen LogP contribution in [-0.2, 0) is 6.42 Å². The molecule has 0 saturated heterocycles. The molecule has 1 aromatic heterocycles. The van der Waals surface area contributed by atoms with Crippen LogP contribution in [0.15, 0.2) is 12.4 Å². The van der Waals surface area contributed by atoms with Crippen LogP contribution in [0.25, 0.3) is 0 Å². The topological polar surface area (TPSA) is 37.8 Å². The first-order valence-electron chi connectivity index (χ1n) is 5.87. The maximum atomic E-state index is 4.25. The van der Waals surface area contributed by atoms with Crippen molar-refractivity contribution in [3.05, 3.63) is 18.1 Å². The number of nitrogens with one attached hydrogen (secondary N) is 1. The maximum absolute atomic E-state index is 4.25. The highest BCUT2D eigenvalue weighted by atomic mass is 15.0. The zero-order valence-corrected chi connectivity index (χ0v) is 9.53. The van der Waals surface area contributed by atoms with Crippen molar-refractivity contribution in [3.8, 4) is 0 Å². The third-order valence-electron chi connectivity index (χ3n) is 2.93. The molecule has 0 radical (unpaired) electrons. The van der Waals surface area contributed by atoms with Crippen LogP contribution in [0.3, 0.4) is 0 Å². The van der Waals surface area contributed by atoms with E-state index in [0.717, 1.165) is 30.3 Å². The lowest BCUT2D eigenvalue weighted by Crippen LogP contribution is -2.18. The summed E-state index contributed by atoms with van der Waals surface area (Å²) in [5, 5.41) is 3.45. The summed E-state index contributed by atoms with van der Waals surface area (Å²) in [6.07, 6.45) is 6.55. The van der Waals surface area contributed by atoms with E-state index in [1.54, 1.807) is 6.33 Å². The molecule has 1 N–H and O–H groups in total. The van der Waals surface area contributed by atoms with Gasteiger partial charge in [-0.1, -0.05) is 13.3 Å². The highest BCUT2D eigenvalue weighted by molar-refractivity contribution is 5.36. The third-order valence-corrected chi connectivity index (χ3v) is 2.93. The van der Waals surface area contributed by atoms with Gasteiger partial charge in [0, 0.05) is 17.8 Å². The second-order valence-electron chi connectivity index (χ2n) is 4.42. The molecule has 0 spiro atoms. The highest BCUT2D eigenvalue weighted by Crippen LogP contribution is 2.33. The van der Waals surface area contributed by atoms with Crippen LogP contribution in [0.2, 0.25) is 0 Å². The number of nitrogens with zero attached hydrogens (tertiary/aromatic N) is 2. The smallest absolute Gasteiger partial charge is 0.129 e. The highest BCUT2D eigenvalue weighted by Gasteiger charge is 2.27. The van der Waals surface area contributed by atoms with Gasteiger partial charge in [-0.2, -0.15) is 0 Å². The standard InChI is InChI=1S/C12H19N3/c1-3-4-11-7-12(14-8-13-11)15-9(2)10-5-6-10/h7-10H,3-6H2,1-2H3,(H,13,14,15). The summed E-state index contributed by atoms with van der Waals surface area (Å²) in [5.74, 6) is 1.84. The van der Waals surface area contributed by atoms with Crippen LogP contribution in [0.1, 0.15) is 38.8 Å². The molecule has 3 heteroatoms. The first kappa shape index (κ1) is 10.4. The van der Waals surface area contributed by atoms with Gasteiger partial charge in [-0.15, -0.1) is 0 Å². The number of hydrogen-bond donors (Lipinski definition) is 1. The van der Waals surface area contributed by atoms with E-state index in [-0.39, 0.29) is 0 Å². The minimum Gasteiger partial charge on any atom is -0.367 e. The average Bonchev–Trinajstić information content (AvgIpc) is 3.01. The van der Waals surface area contributed by atoms with Gasteiger partial charge in [-0.3, -0.25) is 0 Å². The zero-order chi connectivity index (χ0) is 10.7. The van der Waals surface area contributed by atoms with Crippen LogP contribution < -0.4 is 5.32 Å². The summed E-state index contributed by atoms with van der Waals surface area (Å²) >= 11 is 0. The van der Waals surface area contributed by atoms with Crippen molar-refractivity contribution in [1.29, 1.82) is 0 Å². The molecule has 1 unspecified atom stereocenters. The Morgan fingerprint density at radius 1 is 1.47 bits per heavy atom. The van der Waals surface area contributed by atoms with Crippen molar-refractivity contribution >= 4 is 5.82 Å². The summed E-state index contributed by atoms with van der Waals surface area (Å²) in [6, 6.07) is 2.62. The average molecular weight is 205 g/mol. The Balaban J connectivity index is 1.97. The molecular weight excluding hydrogens is 186 g/mol. The SMILES string of the molecule is CCCc1cc(NC(C)C2CC2)ncn1. The lowest BCUT2D eigenvalue weighted by molar-refractivity contribution is 0.689. The predicted octanol–water partition coefficient (Wildman–Crippen LogP) is 2.64. The van der Waals surface area contributed by atoms with E-state index in [0.29, 0.717) is 6.04 Å². The summed E-state index contributed by atoms with van der Waals surface area (Å²) < 4.78 is 0. The predicted molar refractivity (Wildman–Crippen MR) is 61.8 cm³/mol. The summed E-state index contributed by atoms with van der Waals surface area (Å²) in [6.45, 7) is 4.40. The molecular formula is C12H19N3. The maximum Gasteiger partial charge on any atom is 0.129 e. The minimum absolute atomic E-state index is 0.550. The van der Waals surface area contributed by atoms with Gasteiger partial charge in [0.05, 0.1) is 0 Å². The number of aryl methyl sites for hydroxylation is 1. The molecule has 82 valence electrons. The van der Waals surface area contributed by atoms with E-state index in [1.165, 1.54) is 12.8 Å². The van der Waals surface area contributed by atoms with Gasteiger partial charge in [-0.25, -0.2) is 9.97 Å². The first-order valence-corrected chi connectivity index (χ1v) is 5.87. The Morgan fingerprint density at radius 2 is 2.27 bits per heavy atom. The number of anilines is 1. The molecule has 0 aromatic carbocycles. The lowest BCUT2D eigenvalue weighted by Gasteiger charge is -2.13. The third kappa shape index (κ3) is 2.91. The molecule has 1 atom stereocenters. The minimum atomic E-state index is 0.550. The van der Waals surface area contributed by atoms with Crippen molar-refractivity contribution in [2.45, 2.75) is 45.6 Å². The molecule has 1 heterocycles. The second-order valence-corrected chi connectivity index (χ2v) is 4.42. The van der Waals surface area contributed by atoms with Crippen LogP contribution in [-0.4, -0.2) is 16.0 Å². The van der Waals surface area contributed by atoms with Gasteiger partial charge in [0.15, 0.2) is 0 Å². The van der Waals surface area contributed by atoms with Gasteiger partial charge in [0.2, 0.25) is 0 Å². The molecule has 1 fully saturated rings. The normalized spacial score (nSPS) is 17.5. The molecule has 3 nitrogen and oxygen atoms in total. The molecule has 15 heavy (non-hydrogen) atoms. The molecule has 1 aliphatic carbocycles. The molecule has 2 rings (SSSR count). The van der Waals surface area contributed by atoms with Crippen LogP contribution in [0, 0.1) is 5.92 Å². The van der Waals surface area contributed by atoms with E-state index >= 15 is 0 Å². The van der Waals surface area contributed by atoms with Crippen LogP contribution in [0.5, 0.6) is 0 Å². The fourth-order valence-corrected chi connectivity index (χ4v) is 1.82. The van der Waals surface area contributed by atoms with E-state index in [9.17, 15) is 0 Å². The van der Waals surface area contributed by atoms with Crippen molar-refractivity contribution in [1.82, 2.24) is 9.97 Å². The van der Waals surface area contributed by atoms with Crippen molar-refractivity contribution in [2.75, 3.05) is 5.32 Å². The van der Waals surface area contributed by atoms with Crippen molar-refractivity contribution in [3.63, 3.8) is 0 Å². The fourth-order valence-electron chi connectivity index (χ4n) is 1.82. The van der Waals surface area contributed by atoms with Gasteiger partial charge < -0.3 is 5.32 Å². The van der Waals surface area contributed by atoms with Gasteiger partial charge in [-0.05, 0) is 32.1 Å². The molecule has 1 saturated carbocycles. The zero-order valence-electron chi connectivity index (χ0n) is 9.53. The van der Waals surface area contributed by atoms with Gasteiger partial charge >= 0.3 is 0 Å². The lowest BCUT2D eigenvalue weighted by atomic mass is 10.2. The summed E-state index contributed by atoms with van der Waals surface area (Å²) in [7, 11) is 0. The van der Waals surface area contributed by atoms with E-state index in [2.05, 4.69) is 35.2 Å². The van der Waals surface area contributed by atoms with Crippen LogP contribution in [0.4, 0.5) is 5.82 Å². The van der Waals surface area contributed by atoms with E-state index in [1.807, 2.05) is 0 Å². The number of rotatable bonds is 5. The van der Waals surface area contributed by atoms with E-state index < -0.39 is 0 Å². The Bertz CT molecular complexity index is 320. The second kappa shape index (κ2) is 4.60.